The van der Waals surface area contributed by atoms with Crippen molar-refractivity contribution >= 4 is 11.5 Å². The lowest BCUT2D eigenvalue weighted by molar-refractivity contribution is -0.137. The third-order valence-corrected chi connectivity index (χ3v) is 3.90. The van der Waals surface area contributed by atoms with Crippen molar-refractivity contribution < 1.29 is 18.4 Å². The molecular weight excluding hydrogens is 283 g/mol. The number of rotatable bonds is 2. The van der Waals surface area contributed by atoms with E-state index in [1.807, 2.05) is 18.7 Å². The lowest BCUT2D eigenvalue weighted by Gasteiger charge is -2.34. The van der Waals surface area contributed by atoms with E-state index >= 15 is 0 Å². The largest absolute Gasteiger partial charge is 0.417 e. The summed E-state index contributed by atoms with van der Waals surface area (Å²) in [5.74, 6) is -0.547. The molecule has 0 radical (unpaired) electrons. The smallest absolute Gasteiger partial charge is 0.409 e. The number of hydrogen-bond acceptors (Lipinski definition) is 3. The number of oxime groups is 1. The zero-order chi connectivity index (χ0) is 15.8. The van der Waals surface area contributed by atoms with Gasteiger partial charge in [-0.2, -0.15) is 13.2 Å². The van der Waals surface area contributed by atoms with Crippen molar-refractivity contribution in [1.82, 2.24) is 0 Å². The summed E-state index contributed by atoms with van der Waals surface area (Å²) in [5, 5.41) is 11.3. The Morgan fingerprint density at radius 1 is 1.38 bits per heavy atom. The lowest BCUT2D eigenvalue weighted by atomic mass is 10.00. The van der Waals surface area contributed by atoms with Gasteiger partial charge in [-0.05, 0) is 44.9 Å². The van der Waals surface area contributed by atoms with Gasteiger partial charge in [0.05, 0.1) is 5.56 Å². The molecule has 0 spiro atoms. The summed E-state index contributed by atoms with van der Waals surface area (Å²) < 4.78 is 39.6. The van der Waals surface area contributed by atoms with Crippen molar-refractivity contribution in [3.8, 4) is 0 Å². The Morgan fingerprint density at radius 3 is 2.52 bits per heavy atom. The molecule has 1 aromatic rings. The molecule has 1 aromatic carbocycles. The second-order valence-corrected chi connectivity index (χ2v) is 5.78. The number of amidine groups is 1. The maximum atomic E-state index is 13.2. The number of anilines is 1. The summed E-state index contributed by atoms with van der Waals surface area (Å²) in [4.78, 5) is 1.96. The second kappa shape index (κ2) is 5.13. The van der Waals surface area contributed by atoms with Crippen LogP contribution < -0.4 is 10.6 Å². The topological polar surface area (TPSA) is 61.8 Å². The molecule has 1 aliphatic rings. The van der Waals surface area contributed by atoms with Crippen LogP contribution in [-0.4, -0.2) is 23.1 Å². The molecule has 3 N–H and O–H groups in total. The molecular formula is C14H18F3N3O. The van der Waals surface area contributed by atoms with Crippen LogP contribution in [0.1, 0.15) is 37.8 Å². The molecule has 0 unspecified atom stereocenters. The van der Waals surface area contributed by atoms with Crippen LogP contribution in [0.25, 0.3) is 0 Å². The quantitative estimate of drug-likeness (QED) is 0.382. The molecule has 1 heterocycles. The normalized spacial score (nSPS) is 19.1. The fourth-order valence-corrected chi connectivity index (χ4v) is 2.80. The van der Waals surface area contributed by atoms with E-state index in [1.54, 1.807) is 6.07 Å². The zero-order valence-electron chi connectivity index (χ0n) is 11.9. The molecule has 7 heteroatoms. The second-order valence-electron chi connectivity index (χ2n) is 5.78. The SMILES string of the molecule is CC1(C)CCCN1c1ccc(C(N)=NO)c(C(F)(F)F)c1. The van der Waals surface area contributed by atoms with Crippen molar-refractivity contribution in [1.29, 1.82) is 0 Å². The predicted molar refractivity (Wildman–Crippen MR) is 74.6 cm³/mol. The van der Waals surface area contributed by atoms with E-state index in [9.17, 15) is 13.2 Å². The maximum Gasteiger partial charge on any atom is 0.417 e. The van der Waals surface area contributed by atoms with Crippen molar-refractivity contribution in [2.45, 2.75) is 38.4 Å². The van der Waals surface area contributed by atoms with Crippen LogP contribution in [-0.2, 0) is 6.18 Å². The number of alkyl halides is 3. The highest BCUT2D eigenvalue weighted by molar-refractivity contribution is 5.99. The molecule has 1 aliphatic heterocycles. The van der Waals surface area contributed by atoms with Crippen molar-refractivity contribution in [2.24, 2.45) is 10.9 Å². The molecule has 0 atom stereocenters. The highest BCUT2D eigenvalue weighted by atomic mass is 19.4. The molecule has 116 valence electrons. The Kier molecular flexibility index (Phi) is 3.78. The van der Waals surface area contributed by atoms with Gasteiger partial charge in [0.25, 0.3) is 0 Å². The first kappa shape index (κ1) is 15.5. The molecule has 21 heavy (non-hydrogen) atoms. The molecule has 1 fully saturated rings. The van der Waals surface area contributed by atoms with Gasteiger partial charge in [0.2, 0.25) is 0 Å². The summed E-state index contributed by atoms with van der Waals surface area (Å²) in [5.41, 5.74) is 4.45. The van der Waals surface area contributed by atoms with E-state index in [2.05, 4.69) is 5.16 Å². The van der Waals surface area contributed by atoms with Gasteiger partial charge in [0.15, 0.2) is 5.84 Å². The molecule has 0 saturated carbocycles. The first-order chi connectivity index (χ1) is 9.66. The maximum absolute atomic E-state index is 13.2. The van der Waals surface area contributed by atoms with Gasteiger partial charge in [0.1, 0.15) is 0 Å². The fourth-order valence-electron chi connectivity index (χ4n) is 2.80. The van der Waals surface area contributed by atoms with E-state index < -0.39 is 17.6 Å². The highest BCUT2D eigenvalue weighted by Crippen LogP contribution is 2.38. The molecule has 0 amide bonds. The third-order valence-electron chi connectivity index (χ3n) is 3.90. The average molecular weight is 301 g/mol. The minimum absolute atomic E-state index is 0.180. The average Bonchev–Trinajstić information content (AvgIpc) is 2.75. The van der Waals surface area contributed by atoms with Gasteiger partial charge in [-0.1, -0.05) is 5.16 Å². The summed E-state index contributed by atoms with van der Waals surface area (Å²) in [6.07, 6.45) is -2.70. The summed E-state index contributed by atoms with van der Waals surface area (Å²) >= 11 is 0. The van der Waals surface area contributed by atoms with Crippen LogP contribution in [0.2, 0.25) is 0 Å². The Balaban J connectivity index is 2.53. The van der Waals surface area contributed by atoms with E-state index in [4.69, 9.17) is 10.9 Å². The van der Waals surface area contributed by atoms with Crippen LogP contribution in [0.5, 0.6) is 0 Å². The summed E-state index contributed by atoms with van der Waals surface area (Å²) in [6, 6.07) is 3.90. The van der Waals surface area contributed by atoms with E-state index in [0.717, 1.165) is 18.9 Å². The Morgan fingerprint density at radius 2 is 2.05 bits per heavy atom. The third kappa shape index (κ3) is 2.91. The Hall–Kier alpha value is -1.92. The first-order valence-corrected chi connectivity index (χ1v) is 6.63. The molecule has 1 saturated heterocycles. The van der Waals surface area contributed by atoms with E-state index in [-0.39, 0.29) is 11.1 Å². The van der Waals surface area contributed by atoms with Crippen LogP contribution in [0.4, 0.5) is 18.9 Å². The van der Waals surface area contributed by atoms with Gasteiger partial charge in [-0.25, -0.2) is 0 Å². The van der Waals surface area contributed by atoms with E-state index in [1.165, 1.54) is 6.07 Å². The minimum Gasteiger partial charge on any atom is -0.409 e. The summed E-state index contributed by atoms with van der Waals surface area (Å²) in [7, 11) is 0. The molecule has 2 rings (SSSR count). The lowest BCUT2D eigenvalue weighted by Crippen LogP contribution is -2.38. The van der Waals surface area contributed by atoms with Gasteiger partial charge in [-0.3, -0.25) is 0 Å². The molecule has 4 nitrogen and oxygen atoms in total. The summed E-state index contributed by atoms with van der Waals surface area (Å²) in [6.45, 7) is 4.72. The van der Waals surface area contributed by atoms with Gasteiger partial charge >= 0.3 is 6.18 Å². The number of halogens is 3. The minimum atomic E-state index is -4.56. The monoisotopic (exact) mass is 301 g/mol. The van der Waals surface area contributed by atoms with Gasteiger partial charge in [0, 0.05) is 23.3 Å². The van der Waals surface area contributed by atoms with Crippen LogP contribution in [0, 0.1) is 0 Å². The number of nitrogens with two attached hydrogens (primary N) is 1. The fraction of sp³-hybridized carbons (Fsp3) is 0.500. The van der Waals surface area contributed by atoms with Crippen LogP contribution in [0.15, 0.2) is 23.4 Å². The van der Waals surface area contributed by atoms with Crippen molar-refractivity contribution in [3.05, 3.63) is 29.3 Å². The number of benzene rings is 1. The zero-order valence-corrected chi connectivity index (χ0v) is 11.9. The standard InChI is InChI=1S/C14H18F3N3O/c1-13(2)6-3-7-20(13)9-4-5-10(12(18)19-21)11(8-9)14(15,16)17/h4-5,8,21H,3,6-7H2,1-2H3,(H2,18,19). The number of nitrogens with zero attached hydrogens (tertiary/aromatic N) is 2. The van der Waals surface area contributed by atoms with Crippen molar-refractivity contribution in [3.63, 3.8) is 0 Å². The van der Waals surface area contributed by atoms with Gasteiger partial charge in [-0.15, -0.1) is 0 Å². The molecule has 0 aromatic heterocycles. The van der Waals surface area contributed by atoms with Crippen LogP contribution in [0.3, 0.4) is 0 Å². The first-order valence-electron chi connectivity index (χ1n) is 6.63. The Bertz CT molecular complexity index is 567. The molecule has 0 aliphatic carbocycles. The van der Waals surface area contributed by atoms with Gasteiger partial charge < -0.3 is 15.8 Å². The highest BCUT2D eigenvalue weighted by Gasteiger charge is 2.37. The Labute approximate surface area is 121 Å². The number of hydrogen-bond donors (Lipinski definition) is 2. The van der Waals surface area contributed by atoms with Crippen molar-refractivity contribution in [2.75, 3.05) is 11.4 Å². The van der Waals surface area contributed by atoms with Crippen LogP contribution >= 0.6 is 0 Å². The molecule has 0 bridgehead atoms. The predicted octanol–water partition coefficient (Wildman–Crippen LogP) is 3.18. The van der Waals surface area contributed by atoms with E-state index in [0.29, 0.717) is 12.2 Å².